The fraction of sp³-hybridized carbons (Fsp3) is 0.200. The molecule has 2 rings (SSSR count). The highest BCUT2D eigenvalue weighted by Crippen LogP contribution is 2.18. The van der Waals surface area contributed by atoms with Crippen LogP contribution in [-0.2, 0) is 14.3 Å². The lowest BCUT2D eigenvalue weighted by atomic mass is 10.1. The molecule has 27 heavy (non-hydrogen) atoms. The van der Waals surface area contributed by atoms with Gasteiger partial charge in [0.1, 0.15) is 0 Å². The van der Waals surface area contributed by atoms with Crippen LogP contribution in [0.25, 0.3) is 0 Å². The van der Waals surface area contributed by atoms with Gasteiger partial charge in [0, 0.05) is 24.1 Å². The third-order valence-electron chi connectivity index (χ3n) is 3.73. The van der Waals surface area contributed by atoms with Crippen LogP contribution in [0.5, 0.6) is 0 Å². The van der Waals surface area contributed by atoms with E-state index in [1.54, 1.807) is 30.3 Å². The number of anilines is 1. The van der Waals surface area contributed by atoms with Gasteiger partial charge in [-0.25, -0.2) is 9.59 Å². The van der Waals surface area contributed by atoms with E-state index in [-0.39, 0.29) is 35.4 Å². The maximum absolute atomic E-state index is 12.2. The summed E-state index contributed by atoms with van der Waals surface area (Å²) in [4.78, 5) is 47.7. The van der Waals surface area contributed by atoms with E-state index in [1.807, 2.05) is 0 Å². The molecule has 0 unspecified atom stereocenters. The molecule has 0 aliphatic heterocycles. The van der Waals surface area contributed by atoms with Crippen LogP contribution < -0.4 is 5.32 Å². The van der Waals surface area contributed by atoms with Gasteiger partial charge in [0.25, 0.3) is 0 Å². The van der Waals surface area contributed by atoms with Crippen molar-refractivity contribution in [3.63, 3.8) is 0 Å². The predicted octanol–water partition coefficient (Wildman–Crippen LogP) is 2.86. The van der Waals surface area contributed by atoms with E-state index < -0.39 is 17.8 Å². The van der Waals surface area contributed by atoms with Gasteiger partial charge in [-0.1, -0.05) is 30.3 Å². The Morgan fingerprint density at radius 2 is 1.33 bits per heavy atom. The molecule has 2 aromatic rings. The molecular weight excluding hydrogens is 350 g/mol. The van der Waals surface area contributed by atoms with Crippen LogP contribution in [0.2, 0.25) is 0 Å². The average molecular weight is 369 g/mol. The summed E-state index contributed by atoms with van der Waals surface area (Å²) in [5, 5.41) is 2.58. The van der Waals surface area contributed by atoms with Crippen molar-refractivity contribution in [3.05, 3.63) is 65.2 Å². The number of esters is 2. The van der Waals surface area contributed by atoms with Crippen molar-refractivity contribution in [1.29, 1.82) is 0 Å². The Balaban J connectivity index is 2.08. The molecule has 1 amide bonds. The molecule has 0 aromatic heterocycles. The lowest BCUT2D eigenvalue weighted by molar-refractivity contribution is -0.116. The van der Waals surface area contributed by atoms with Gasteiger partial charge >= 0.3 is 11.9 Å². The van der Waals surface area contributed by atoms with Gasteiger partial charge in [-0.15, -0.1) is 0 Å². The van der Waals surface area contributed by atoms with Crippen molar-refractivity contribution in [2.24, 2.45) is 0 Å². The van der Waals surface area contributed by atoms with Crippen LogP contribution in [0.4, 0.5) is 5.69 Å². The first-order valence-electron chi connectivity index (χ1n) is 8.14. The largest absolute Gasteiger partial charge is 0.465 e. The van der Waals surface area contributed by atoms with Gasteiger partial charge in [-0.3, -0.25) is 9.59 Å². The van der Waals surface area contributed by atoms with Crippen LogP contribution in [0.1, 0.15) is 43.9 Å². The maximum Gasteiger partial charge on any atom is 0.337 e. The van der Waals surface area contributed by atoms with Gasteiger partial charge in [-0.05, 0) is 18.2 Å². The van der Waals surface area contributed by atoms with Crippen LogP contribution in [0, 0.1) is 0 Å². The highest BCUT2D eigenvalue weighted by Gasteiger charge is 2.15. The Morgan fingerprint density at radius 3 is 1.85 bits per heavy atom. The zero-order valence-electron chi connectivity index (χ0n) is 15.0. The zero-order valence-corrected chi connectivity index (χ0v) is 15.0. The number of carbonyl (C=O) groups is 4. The summed E-state index contributed by atoms with van der Waals surface area (Å²) < 4.78 is 9.29. The average Bonchev–Trinajstić information content (AvgIpc) is 2.71. The molecule has 7 heteroatoms. The second-order valence-corrected chi connectivity index (χ2v) is 5.62. The summed E-state index contributed by atoms with van der Waals surface area (Å²) in [6.07, 6.45) is 0.000134. The molecule has 0 aliphatic rings. The summed E-state index contributed by atoms with van der Waals surface area (Å²) in [6.45, 7) is 0. The Morgan fingerprint density at radius 1 is 0.778 bits per heavy atom. The smallest absolute Gasteiger partial charge is 0.337 e. The molecule has 0 heterocycles. The van der Waals surface area contributed by atoms with Crippen molar-refractivity contribution in [2.45, 2.75) is 12.8 Å². The molecule has 0 saturated heterocycles. The molecule has 1 N–H and O–H groups in total. The number of Topliss-reactive ketones (excluding diaryl/α,β-unsaturated/α-hetero) is 1. The van der Waals surface area contributed by atoms with E-state index in [1.165, 1.54) is 32.4 Å². The lowest BCUT2D eigenvalue weighted by Gasteiger charge is -2.09. The number of nitrogens with one attached hydrogen (secondary N) is 1. The lowest BCUT2D eigenvalue weighted by Crippen LogP contribution is -2.15. The van der Waals surface area contributed by atoms with Gasteiger partial charge in [-0.2, -0.15) is 0 Å². The molecule has 140 valence electrons. The SMILES string of the molecule is COC(=O)c1cc(NC(=O)CCC(=O)c2ccccc2)cc(C(=O)OC)c1. The Hall–Kier alpha value is -3.48. The van der Waals surface area contributed by atoms with E-state index in [9.17, 15) is 19.2 Å². The second-order valence-electron chi connectivity index (χ2n) is 5.62. The Labute approximate surface area is 156 Å². The van der Waals surface area contributed by atoms with Crippen molar-refractivity contribution < 1.29 is 28.7 Å². The summed E-state index contributed by atoms with van der Waals surface area (Å²) in [5.41, 5.74) is 0.952. The summed E-state index contributed by atoms with van der Waals surface area (Å²) in [7, 11) is 2.42. The number of methoxy groups -OCH3 is 2. The highest BCUT2D eigenvalue weighted by atomic mass is 16.5. The molecule has 0 atom stereocenters. The van der Waals surface area contributed by atoms with Gasteiger partial charge < -0.3 is 14.8 Å². The minimum atomic E-state index is -0.657. The predicted molar refractivity (Wildman–Crippen MR) is 97.8 cm³/mol. The third kappa shape index (κ3) is 5.50. The van der Waals surface area contributed by atoms with Gasteiger partial charge in [0.2, 0.25) is 5.91 Å². The zero-order chi connectivity index (χ0) is 19.8. The molecule has 7 nitrogen and oxygen atoms in total. The number of amides is 1. The van der Waals surface area contributed by atoms with Crippen LogP contribution in [0.3, 0.4) is 0 Å². The van der Waals surface area contributed by atoms with Crippen LogP contribution in [-0.4, -0.2) is 37.8 Å². The fourth-order valence-electron chi connectivity index (χ4n) is 2.39. The van der Waals surface area contributed by atoms with E-state index in [0.29, 0.717) is 5.56 Å². The van der Waals surface area contributed by atoms with E-state index in [4.69, 9.17) is 0 Å². The third-order valence-corrected chi connectivity index (χ3v) is 3.73. The molecule has 0 radical (unpaired) electrons. The molecule has 0 bridgehead atoms. The molecule has 0 aliphatic carbocycles. The molecule has 0 spiro atoms. The number of benzene rings is 2. The first-order valence-corrected chi connectivity index (χ1v) is 8.14. The highest BCUT2D eigenvalue weighted by molar-refractivity contribution is 6.02. The van der Waals surface area contributed by atoms with Crippen molar-refractivity contribution in [2.75, 3.05) is 19.5 Å². The summed E-state index contributed by atoms with van der Waals surface area (Å²) in [6, 6.07) is 12.7. The second kappa shape index (κ2) is 9.28. The number of carbonyl (C=O) groups excluding carboxylic acids is 4. The monoisotopic (exact) mass is 369 g/mol. The van der Waals surface area contributed by atoms with Crippen molar-refractivity contribution in [3.8, 4) is 0 Å². The summed E-state index contributed by atoms with van der Waals surface area (Å²) in [5.74, 6) is -1.88. The molecule has 0 saturated carbocycles. The Kier molecular flexibility index (Phi) is 6.82. The maximum atomic E-state index is 12.2. The summed E-state index contributed by atoms with van der Waals surface area (Å²) >= 11 is 0. The molecule has 2 aromatic carbocycles. The number of ketones is 1. The fourth-order valence-corrected chi connectivity index (χ4v) is 2.39. The first kappa shape index (κ1) is 19.8. The number of hydrogen-bond donors (Lipinski definition) is 1. The first-order chi connectivity index (χ1) is 12.9. The Bertz CT molecular complexity index is 826. The van der Waals surface area contributed by atoms with E-state index >= 15 is 0 Å². The topological polar surface area (TPSA) is 98.8 Å². The standard InChI is InChI=1S/C20H19NO6/c1-26-19(24)14-10-15(20(25)27-2)12-16(11-14)21-18(23)9-8-17(22)13-6-4-3-5-7-13/h3-7,10-12H,8-9H2,1-2H3,(H,21,23). The van der Waals surface area contributed by atoms with Gasteiger partial charge in [0.05, 0.1) is 25.3 Å². The number of ether oxygens (including phenoxy) is 2. The van der Waals surface area contributed by atoms with E-state index in [0.717, 1.165) is 0 Å². The van der Waals surface area contributed by atoms with Crippen LogP contribution in [0.15, 0.2) is 48.5 Å². The van der Waals surface area contributed by atoms with E-state index in [2.05, 4.69) is 14.8 Å². The number of hydrogen-bond acceptors (Lipinski definition) is 6. The molecule has 0 fully saturated rings. The normalized spacial score (nSPS) is 10.0. The number of rotatable bonds is 7. The van der Waals surface area contributed by atoms with Gasteiger partial charge in [0.15, 0.2) is 5.78 Å². The minimum absolute atomic E-state index is 0.0380. The minimum Gasteiger partial charge on any atom is -0.465 e. The van der Waals surface area contributed by atoms with Crippen molar-refractivity contribution in [1.82, 2.24) is 0 Å². The quantitative estimate of drug-likeness (QED) is 0.595. The molecular formula is C20H19NO6. The van der Waals surface area contributed by atoms with Crippen LogP contribution >= 0.6 is 0 Å². The van der Waals surface area contributed by atoms with Crippen molar-refractivity contribution >= 4 is 29.3 Å².